The molecule has 616 valence electrons. The van der Waals surface area contributed by atoms with E-state index < -0.39 is 0 Å². The topological polar surface area (TPSA) is 329 Å². The summed E-state index contributed by atoms with van der Waals surface area (Å²) in [5, 5.41) is 48.3. The van der Waals surface area contributed by atoms with Crippen molar-refractivity contribution in [1.82, 2.24) is 111 Å². The van der Waals surface area contributed by atoms with Crippen molar-refractivity contribution in [2.24, 2.45) is 11.8 Å². The van der Waals surface area contributed by atoms with Crippen molar-refractivity contribution < 1.29 is 4.52 Å². The number of imidazole rings is 1. The second-order valence-electron chi connectivity index (χ2n) is 30.9. The maximum absolute atomic E-state index is 10.5. The highest BCUT2D eigenvalue weighted by atomic mass is 32.1. The number of pyridine rings is 1. The van der Waals surface area contributed by atoms with Crippen LogP contribution in [0.15, 0.2) is 192 Å². The fourth-order valence-corrected chi connectivity index (χ4v) is 9.86. The zero-order chi connectivity index (χ0) is 84.0. The second kappa shape index (κ2) is 57.5. The van der Waals surface area contributed by atoms with Gasteiger partial charge in [0.2, 0.25) is 0 Å². The summed E-state index contributed by atoms with van der Waals surface area (Å²) < 4.78 is 6.43. The van der Waals surface area contributed by atoms with Crippen LogP contribution in [0.1, 0.15) is 320 Å². The lowest BCUT2D eigenvalue weighted by Crippen LogP contribution is -2.03. The maximum Gasteiger partial charge on any atom is 0.264 e. The van der Waals surface area contributed by atoms with Crippen LogP contribution in [0.5, 0.6) is 0 Å². The molecular formula is C88H136N22O2S. The van der Waals surface area contributed by atoms with Gasteiger partial charge in [0, 0.05) is 131 Å². The molecule has 25 heteroatoms. The molecule has 0 spiro atoms. The number of hydrogen-bond acceptors (Lipinski definition) is 16. The molecule has 0 aliphatic heterocycles. The number of H-pyrrole nitrogens is 8. The molecular weight excluding hydrogens is 1430 g/mol. The minimum absolute atomic E-state index is 0.0568. The molecule has 8 N–H and O–H groups in total. The molecule has 13 aromatic heterocycles. The number of rotatable bonds is 10. The van der Waals surface area contributed by atoms with Gasteiger partial charge in [-0.2, -0.15) is 35.8 Å². The number of benzene rings is 1. The Balaban J connectivity index is 0.000000417. The fraction of sp³-hybridized carbons (Fsp3) is 0.477. The highest BCUT2D eigenvalue weighted by Gasteiger charge is 2.18. The summed E-state index contributed by atoms with van der Waals surface area (Å²) in [7, 11) is 0. The molecule has 0 radical (unpaired) electrons. The minimum Gasteiger partial charge on any atom is -0.365 e. The summed E-state index contributed by atoms with van der Waals surface area (Å²) in [6.07, 6.45) is 29.5. The van der Waals surface area contributed by atoms with E-state index in [0.29, 0.717) is 59.2 Å². The molecule has 0 fully saturated rings. The molecule has 0 atom stereocenters. The van der Waals surface area contributed by atoms with E-state index in [-0.39, 0.29) is 5.56 Å². The predicted octanol–water partition coefficient (Wildman–Crippen LogP) is 22.9. The minimum atomic E-state index is -0.0568. The van der Waals surface area contributed by atoms with E-state index in [9.17, 15) is 4.79 Å². The lowest BCUT2D eigenvalue weighted by molar-refractivity contribution is 0.408. The summed E-state index contributed by atoms with van der Waals surface area (Å²) in [5.41, 5.74) is 18.2. The SMILES string of the molecule is CC(C)C.CC(C)C.CC(C)c1[nH]nc2ccccc12.CC(C)c1cc(=O)[nH][nH]1.CC(C)c1cc2ncccn2n1.CC(C)c1ccc[nH]1.CC(C)c1ccn[nH]1.CC(C)c1ccon1.CC(C)c1cn[nH]n1.CC(C)c1cnc[nH]1.CC(C)c1cscn1.CC(C)c1n[nH]c2c1CCCC2.c1ccncc1.c1cnccn1. The van der Waals surface area contributed by atoms with Crippen LogP contribution in [0.4, 0.5) is 0 Å². The molecule has 113 heavy (non-hydrogen) atoms. The maximum atomic E-state index is 10.5. The molecule has 0 saturated heterocycles. The molecule has 15 rings (SSSR count). The van der Waals surface area contributed by atoms with Crippen molar-refractivity contribution in [3.8, 4) is 0 Å². The number of fused-ring (bicyclic) bond motifs is 3. The van der Waals surface area contributed by atoms with Gasteiger partial charge in [-0.15, -0.1) is 11.3 Å². The van der Waals surface area contributed by atoms with E-state index in [1.54, 1.807) is 90.3 Å². The number of nitrogens with one attached hydrogen (secondary N) is 8. The van der Waals surface area contributed by atoms with E-state index in [0.717, 1.165) is 45.8 Å². The van der Waals surface area contributed by atoms with E-state index in [4.69, 9.17) is 0 Å². The quantitative estimate of drug-likeness (QED) is 0.0631. The number of thiazole rings is 1. The second-order valence-corrected chi connectivity index (χ2v) is 31.7. The van der Waals surface area contributed by atoms with Crippen molar-refractivity contribution in [3.63, 3.8) is 0 Å². The first-order valence-corrected chi connectivity index (χ1v) is 40.6. The zero-order valence-corrected chi connectivity index (χ0v) is 73.4. The Morgan fingerprint density at radius 3 is 1.43 bits per heavy atom. The Labute approximate surface area is 677 Å². The summed E-state index contributed by atoms with van der Waals surface area (Å²) in [5.74, 6) is 6.92. The third-order valence-corrected chi connectivity index (χ3v) is 16.1. The van der Waals surface area contributed by atoms with Crippen molar-refractivity contribution in [1.29, 1.82) is 0 Å². The van der Waals surface area contributed by atoms with E-state index in [1.807, 2.05) is 105 Å². The summed E-state index contributed by atoms with van der Waals surface area (Å²) >= 11 is 1.66. The van der Waals surface area contributed by atoms with Gasteiger partial charge in [0.25, 0.3) is 5.56 Å². The predicted molar refractivity (Wildman–Crippen MR) is 467 cm³/mol. The Hall–Kier alpha value is -10.6. The number of aromatic nitrogens is 22. The highest BCUT2D eigenvalue weighted by molar-refractivity contribution is 7.07. The number of hydrogen-bond donors (Lipinski definition) is 8. The molecule has 24 nitrogen and oxygen atoms in total. The average molecular weight is 1570 g/mol. The first-order valence-electron chi connectivity index (χ1n) is 39.7. The Kier molecular flexibility index (Phi) is 50.1. The molecule has 0 bridgehead atoms. The van der Waals surface area contributed by atoms with Gasteiger partial charge in [-0.1, -0.05) is 209 Å². The average Bonchev–Trinajstić information content (AvgIpc) is 1.69. The van der Waals surface area contributed by atoms with Crippen molar-refractivity contribution in [3.05, 3.63) is 261 Å². The number of para-hydroxylation sites is 1. The van der Waals surface area contributed by atoms with Crippen LogP contribution in [0.25, 0.3) is 16.6 Å². The van der Waals surface area contributed by atoms with Crippen LogP contribution in [-0.4, -0.2) is 111 Å². The van der Waals surface area contributed by atoms with Gasteiger partial charge < -0.3 is 19.6 Å². The first kappa shape index (κ1) is 98.5. The van der Waals surface area contributed by atoms with Crippen LogP contribution in [0, 0.1) is 11.8 Å². The molecule has 0 saturated carbocycles. The highest BCUT2D eigenvalue weighted by Crippen LogP contribution is 2.27. The Bertz CT molecular complexity index is 3990. The van der Waals surface area contributed by atoms with E-state index in [2.05, 4.69) is 295 Å². The standard InChI is InChI=1S/C10H16N2.C10H12N2.C9H11N3.C7H11N.C6H10N2O.2C6H10N2.C6H9NO.C6H9NS.C5H9N3.C5H5N.C4H4N2.2C4H10/c2*1-7(2)10-8-5-3-4-6-9(8)11-12-10;1-7(2)8-6-9-10-4-3-5-12(9)11-8;1-6(2)7-4-3-5-8-7;1-4(2)5-3-6(9)8-7-5;1-5(2)6-3-7-4-8-6;1-5(2)6-3-4-7-8-6;1-5(2)6-3-4-8-7-6;1-5(2)6-3-8-4-7-6;1-4(2)5-3-6-8-7-5;1-2-4-6-5-3-1;1-2-6-4-3-5-1;2*1-4(2)3/h7H,3-6H2,1-2H3,(H,11,12);3-7H,1-2H3,(H,11,12);3-7H,1-2H3;3-6,8H,1-2H3;3-4H,1-2H3,(H2,7,8,9);2*3-5H,1-2H3,(H,7,8);2*3-5H,1-2H3;3-4H,1-2H3,(H,6,7,8);1-5H;1-4H;2*4H,1-3H3. The van der Waals surface area contributed by atoms with Crippen LogP contribution in [0.2, 0.25) is 0 Å². The molecule has 13 heterocycles. The van der Waals surface area contributed by atoms with Gasteiger partial charge in [0.15, 0.2) is 5.65 Å². The Morgan fingerprint density at radius 1 is 0.451 bits per heavy atom. The first-order chi connectivity index (χ1) is 53.8. The summed E-state index contributed by atoms with van der Waals surface area (Å²) in [6, 6.07) is 27.4. The van der Waals surface area contributed by atoms with Gasteiger partial charge in [0.1, 0.15) is 6.26 Å². The van der Waals surface area contributed by atoms with Crippen LogP contribution < -0.4 is 5.56 Å². The molecule has 1 aromatic carbocycles. The fourth-order valence-electron chi connectivity index (χ4n) is 9.15. The molecule has 14 aromatic rings. The van der Waals surface area contributed by atoms with Crippen LogP contribution in [-0.2, 0) is 12.8 Å². The van der Waals surface area contributed by atoms with Crippen LogP contribution >= 0.6 is 11.3 Å². The van der Waals surface area contributed by atoms with Crippen LogP contribution in [0.3, 0.4) is 0 Å². The summed E-state index contributed by atoms with van der Waals surface area (Å²) in [6.45, 7) is 55.6. The molecule has 0 unspecified atom stereocenters. The normalized spacial score (nSPS) is 10.9. The lowest BCUT2D eigenvalue weighted by Gasteiger charge is -2.12. The van der Waals surface area contributed by atoms with Gasteiger partial charge in [0.05, 0.1) is 52.0 Å². The van der Waals surface area contributed by atoms with Gasteiger partial charge in [-0.25, -0.2) is 19.5 Å². The lowest BCUT2D eigenvalue weighted by atomic mass is 9.93. The number of nitrogens with zero attached hydrogens (tertiary/aromatic N) is 14. The number of aromatic amines is 8. The Morgan fingerprint density at radius 2 is 1.06 bits per heavy atom. The zero-order valence-electron chi connectivity index (χ0n) is 72.6. The smallest absolute Gasteiger partial charge is 0.264 e. The van der Waals surface area contributed by atoms with Crippen molar-refractivity contribution in [2.45, 2.75) is 265 Å². The third-order valence-electron chi connectivity index (χ3n) is 15.5. The van der Waals surface area contributed by atoms with Gasteiger partial charge >= 0.3 is 0 Å². The third kappa shape index (κ3) is 43.7. The van der Waals surface area contributed by atoms with Crippen molar-refractivity contribution >= 4 is 27.9 Å². The van der Waals surface area contributed by atoms with Gasteiger partial charge in [-0.3, -0.25) is 40.1 Å². The van der Waals surface area contributed by atoms with Gasteiger partial charge in [-0.05, 0) is 145 Å². The molecule has 0 amide bonds. The molecule has 1 aliphatic carbocycles. The number of aryl methyl sites for hydroxylation is 1. The van der Waals surface area contributed by atoms with E-state index >= 15 is 0 Å². The largest absolute Gasteiger partial charge is 0.365 e. The monoisotopic (exact) mass is 1570 g/mol. The van der Waals surface area contributed by atoms with E-state index in [1.165, 1.54) is 76.5 Å². The summed E-state index contributed by atoms with van der Waals surface area (Å²) in [4.78, 5) is 40.1. The van der Waals surface area contributed by atoms with Crippen molar-refractivity contribution in [2.75, 3.05) is 0 Å². The molecule has 1 aliphatic rings.